The van der Waals surface area contributed by atoms with Crippen molar-refractivity contribution in [3.8, 4) is 0 Å². The van der Waals surface area contributed by atoms with Crippen molar-refractivity contribution in [3.63, 3.8) is 0 Å². The van der Waals surface area contributed by atoms with E-state index >= 15 is 0 Å². The third-order valence-corrected chi connectivity index (χ3v) is 1.48. The summed E-state index contributed by atoms with van der Waals surface area (Å²) in [6, 6.07) is 0. The monoisotopic (exact) mass is 161 g/mol. The molecule has 0 spiro atoms. The number of rotatable bonds is 3. The molecule has 0 atom stereocenters. The van der Waals surface area contributed by atoms with Crippen LogP contribution in [0.15, 0.2) is 0 Å². The van der Waals surface area contributed by atoms with Gasteiger partial charge < -0.3 is 5.32 Å². The van der Waals surface area contributed by atoms with Crippen LogP contribution in [0.25, 0.3) is 0 Å². The fourth-order valence-electron chi connectivity index (χ4n) is 0.646. The van der Waals surface area contributed by atoms with Gasteiger partial charge in [-0.1, -0.05) is 0 Å². The second-order valence-corrected chi connectivity index (χ2v) is 2.77. The highest BCUT2D eigenvalue weighted by atomic mass is 35.5. The molecule has 1 fully saturated rings. The maximum atomic E-state index is 10.8. The second-order valence-electron chi connectivity index (χ2n) is 2.35. The van der Waals surface area contributed by atoms with Crippen LogP contribution in [-0.2, 0) is 9.59 Å². The van der Waals surface area contributed by atoms with Crippen LogP contribution in [0.1, 0.15) is 12.8 Å². The Morgan fingerprint density at radius 2 is 2.10 bits per heavy atom. The van der Waals surface area contributed by atoms with Gasteiger partial charge in [0.2, 0.25) is 11.1 Å². The molecule has 4 heteroatoms. The average molecular weight is 162 g/mol. The Labute approximate surface area is 63.7 Å². The molecule has 0 bridgehead atoms. The summed E-state index contributed by atoms with van der Waals surface area (Å²) in [7, 11) is 0. The molecule has 3 nitrogen and oxygen atoms in total. The van der Waals surface area contributed by atoms with Crippen molar-refractivity contribution in [2.45, 2.75) is 12.8 Å². The lowest BCUT2D eigenvalue weighted by Crippen LogP contribution is -2.28. The zero-order valence-corrected chi connectivity index (χ0v) is 6.15. The molecule has 0 aliphatic heterocycles. The Balaban J connectivity index is 2.12. The van der Waals surface area contributed by atoms with Gasteiger partial charge in [-0.05, 0) is 24.4 Å². The van der Waals surface area contributed by atoms with Crippen LogP contribution in [0.5, 0.6) is 0 Å². The zero-order valence-electron chi connectivity index (χ0n) is 5.39. The first-order chi connectivity index (χ1) is 4.70. The molecule has 0 radical (unpaired) electrons. The Morgan fingerprint density at radius 3 is 2.50 bits per heavy atom. The van der Waals surface area contributed by atoms with E-state index < -0.39 is 5.24 Å². The Hall–Kier alpha value is -0.570. The minimum atomic E-state index is -0.519. The minimum Gasteiger partial charge on any atom is -0.347 e. The lowest BCUT2D eigenvalue weighted by atomic mass is 10.4. The van der Waals surface area contributed by atoms with Gasteiger partial charge in [-0.25, -0.2) is 0 Å². The SMILES string of the molecule is O=C(Cl)CNC(=O)C1CC1. The molecule has 1 rings (SSSR count). The van der Waals surface area contributed by atoms with E-state index in [1.165, 1.54) is 0 Å². The zero-order chi connectivity index (χ0) is 7.56. The topological polar surface area (TPSA) is 46.2 Å². The van der Waals surface area contributed by atoms with Crippen LogP contribution >= 0.6 is 11.6 Å². The minimum absolute atomic E-state index is 0.0448. The van der Waals surface area contributed by atoms with Gasteiger partial charge in [0.25, 0.3) is 0 Å². The number of hydrogen-bond acceptors (Lipinski definition) is 2. The molecule has 0 heterocycles. The van der Waals surface area contributed by atoms with Gasteiger partial charge >= 0.3 is 0 Å². The van der Waals surface area contributed by atoms with Gasteiger partial charge in [-0.15, -0.1) is 0 Å². The molecule has 0 unspecified atom stereocenters. The Morgan fingerprint density at radius 1 is 1.50 bits per heavy atom. The largest absolute Gasteiger partial charge is 0.347 e. The number of halogens is 1. The van der Waals surface area contributed by atoms with E-state index in [0.29, 0.717) is 0 Å². The molecular weight excluding hydrogens is 154 g/mol. The van der Waals surface area contributed by atoms with Gasteiger partial charge in [0.05, 0.1) is 6.54 Å². The number of carbonyl (C=O) groups excluding carboxylic acids is 2. The molecule has 0 aromatic carbocycles. The highest BCUT2D eigenvalue weighted by Crippen LogP contribution is 2.28. The fraction of sp³-hybridized carbons (Fsp3) is 0.667. The van der Waals surface area contributed by atoms with Crippen LogP contribution in [0.3, 0.4) is 0 Å². The van der Waals surface area contributed by atoms with E-state index in [-0.39, 0.29) is 18.4 Å². The molecule has 1 N–H and O–H groups in total. The predicted octanol–water partition coefficient (Wildman–Crippen LogP) is 0.278. The predicted molar refractivity (Wildman–Crippen MR) is 36.6 cm³/mol. The molecule has 1 saturated carbocycles. The maximum absolute atomic E-state index is 10.8. The summed E-state index contributed by atoms with van der Waals surface area (Å²) in [5.74, 6) is 0.102. The van der Waals surface area contributed by atoms with Crippen LogP contribution < -0.4 is 5.32 Å². The van der Waals surface area contributed by atoms with Crippen molar-refractivity contribution in [2.75, 3.05) is 6.54 Å². The standard InChI is InChI=1S/C6H8ClNO2/c7-5(9)3-8-6(10)4-1-2-4/h4H,1-3H2,(H,8,10). The van der Waals surface area contributed by atoms with Crippen molar-refractivity contribution >= 4 is 22.8 Å². The Kier molecular flexibility index (Phi) is 2.27. The normalized spacial score (nSPS) is 16.5. The first kappa shape index (κ1) is 7.54. The molecule has 56 valence electrons. The highest BCUT2D eigenvalue weighted by molar-refractivity contribution is 6.64. The van der Waals surface area contributed by atoms with Crippen LogP contribution in [-0.4, -0.2) is 17.7 Å². The van der Waals surface area contributed by atoms with E-state index in [1.54, 1.807) is 0 Å². The first-order valence-electron chi connectivity index (χ1n) is 3.16. The summed E-state index contributed by atoms with van der Waals surface area (Å²) in [5, 5.41) is 1.90. The molecule has 1 aliphatic carbocycles. The number of carbonyl (C=O) groups is 2. The molecule has 1 aliphatic rings. The Bertz CT molecular complexity index is 165. The summed E-state index contributed by atoms with van der Waals surface area (Å²) < 4.78 is 0. The lowest BCUT2D eigenvalue weighted by molar-refractivity contribution is -0.124. The summed E-state index contributed by atoms with van der Waals surface area (Å²) in [4.78, 5) is 20.9. The smallest absolute Gasteiger partial charge is 0.240 e. The molecule has 10 heavy (non-hydrogen) atoms. The highest BCUT2D eigenvalue weighted by Gasteiger charge is 2.29. The van der Waals surface area contributed by atoms with E-state index in [2.05, 4.69) is 5.32 Å². The third-order valence-electron chi connectivity index (χ3n) is 1.35. The van der Waals surface area contributed by atoms with Gasteiger partial charge in [-0.2, -0.15) is 0 Å². The van der Waals surface area contributed by atoms with E-state index in [0.717, 1.165) is 12.8 Å². The molecule has 0 aromatic rings. The van der Waals surface area contributed by atoms with Gasteiger partial charge in [-0.3, -0.25) is 9.59 Å². The van der Waals surface area contributed by atoms with Crippen molar-refractivity contribution in [1.29, 1.82) is 0 Å². The van der Waals surface area contributed by atoms with Crippen LogP contribution in [0, 0.1) is 5.92 Å². The molecular formula is C6H8ClNO2. The quantitative estimate of drug-likeness (QED) is 0.605. The van der Waals surface area contributed by atoms with Gasteiger partial charge in [0.1, 0.15) is 0 Å². The summed E-state index contributed by atoms with van der Waals surface area (Å²) >= 11 is 4.99. The van der Waals surface area contributed by atoms with Crippen molar-refractivity contribution in [2.24, 2.45) is 5.92 Å². The molecule has 1 amide bonds. The fourth-order valence-corrected chi connectivity index (χ4v) is 0.713. The van der Waals surface area contributed by atoms with E-state index in [4.69, 9.17) is 11.6 Å². The third kappa shape index (κ3) is 2.35. The number of amides is 1. The molecule has 0 aromatic heterocycles. The van der Waals surface area contributed by atoms with Gasteiger partial charge in [0, 0.05) is 5.92 Å². The number of nitrogens with one attached hydrogen (secondary N) is 1. The van der Waals surface area contributed by atoms with Crippen molar-refractivity contribution in [3.05, 3.63) is 0 Å². The number of hydrogen-bond donors (Lipinski definition) is 1. The van der Waals surface area contributed by atoms with E-state index in [1.807, 2.05) is 0 Å². The first-order valence-corrected chi connectivity index (χ1v) is 3.54. The van der Waals surface area contributed by atoms with E-state index in [9.17, 15) is 9.59 Å². The maximum Gasteiger partial charge on any atom is 0.240 e. The van der Waals surface area contributed by atoms with Crippen LogP contribution in [0.4, 0.5) is 0 Å². The van der Waals surface area contributed by atoms with Crippen LogP contribution in [0.2, 0.25) is 0 Å². The summed E-state index contributed by atoms with van der Waals surface area (Å²) in [6.45, 7) is -0.0448. The summed E-state index contributed by atoms with van der Waals surface area (Å²) in [6.07, 6.45) is 1.89. The lowest BCUT2D eigenvalue weighted by Gasteiger charge is -1.97. The van der Waals surface area contributed by atoms with Gasteiger partial charge in [0.15, 0.2) is 0 Å². The van der Waals surface area contributed by atoms with Crippen molar-refractivity contribution in [1.82, 2.24) is 5.32 Å². The second kappa shape index (κ2) is 3.01. The molecule has 0 saturated heterocycles. The summed E-state index contributed by atoms with van der Waals surface area (Å²) in [5.41, 5.74) is 0. The van der Waals surface area contributed by atoms with Crippen molar-refractivity contribution < 1.29 is 9.59 Å². The average Bonchev–Trinajstić information content (AvgIpc) is 2.63.